The Morgan fingerprint density at radius 1 is 1.04 bits per heavy atom. The first kappa shape index (κ1) is 21.0. The number of aliphatic hydroxyl groups excluding tert-OH is 3. The summed E-state index contributed by atoms with van der Waals surface area (Å²) in [7, 11) is 0. The molecule has 0 amide bonds. The van der Waals surface area contributed by atoms with Crippen LogP contribution in [-0.4, -0.2) is 52.9 Å². The van der Waals surface area contributed by atoms with Gasteiger partial charge in [-0.2, -0.15) is 0 Å². The minimum atomic E-state index is -1.34. The summed E-state index contributed by atoms with van der Waals surface area (Å²) < 4.78 is 11.2. The third-order valence-electron chi connectivity index (χ3n) is 4.97. The van der Waals surface area contributed by atoms with E-state index in [0.717, 1.165) is 16.9 Å². The maximum absolute atomic E-state index is 10.4. The van der Waals surface area contributed by atoms with Crippen LogP contribution in [-0.2, 0) is 11.2 Å². The predicted octanol–water partition coefficient (Wildman–Crippen LogP) is 1.81. The van der Waals surface area contributed by atoms with Gasteiger partial charge in [-0.15, -0.1) is 0 Å². The highest BCUT2D eigenvalue weighted by Crippen LogP contribution is 2.34. The van der Waals surface area contributed by atoms with Crippen molar-refractivity contribution in [1.29, 1.82) is 0 Å². The fourth-order valence-corrected chi connectivity index (χ4v) is 3.60. The normalized spacial score (nSPS) is 27.6. The zero-order valence-electron chi connectivity index (χ0n) is 15.7. The highest BCUT2D eigenvalue weighted by molar-refractivity contribution is 6.31. The van der Waals surface area contributed by atoms with E-state index in [1.54, 1.807) is 12.1 Å². The first-order valence-corrected chi connectivity index (χ1v) is 9.72. The van der Waals surface area contributed by atoms with Gasteiger partial charge in [0.25, 0.3) is 0 Å². The quantitative estimate of drug-likeness (QED) is 0.582. The largest absolute Gasteiger partial charge is 0.494 e. The number of aliphatic hydroxyl groups is 3. The van der Waals surface area contributed by atoms with Crippen LogP contribution in [0, 0.1) is 0 Å². The van der Waals surface area contributed by atoms with Crippen LogP contribution >= 0.6 is 11.6 Å². The van der Waals surface area contributed by atoms with Gasteiger partial charge in [-0.3, -0.25) is 0 Å². The van der Waals surface area contributed by atoms with Gasteiger partial charge in [-0.1, -0.05) is 35.9 Å². The van der Waals surface area contributed by atoms with Crippen molar-refractivity contribution in [1.82, 2.24) is 0 Å². The lowest BCUT2D eigenvalue weighted by atomic mass is 9.90. The second-order valence-electron chi connectivity index (χ2n) is 6.91. The van der Waals surface area contributed by atoms with Crippen LogP contribution in [0.15, 0.2) is 42.5 Å². The third-order valence-corrected chi connectivity index (χ3v) is 5.34. The molecule has 1 fully saturated rings. The molecule has 2 aromatic carbocycles. The summed E-state index contributed by atoms with van der Waals surface area (Å²) in [5, 5.41) is 31.1. The van der Waals surface area contributed by atoms with Gasteiger partial charge in [0, 0.05) is 11.6 Å². The van der Waals surface area contributed by atoms with Crippen molar-refractivity contribution in [3.63, 3.8) is 0 Å². The monoisotopic (exact) mass is 407 g/mol. The lowest BCUT2D eigenvalue weighted by Gasteiger charge is -2.40. The minimum Gasteiger partial charge on any atom is -0.494 e. The Labute approximate surface area is 169 Å². The Balaban J connectivity index is 1.82. The number of hydrogen-bond acceptors (Lipinski definition) is 6. The fraction of sp³-hybridized carbons (Fsp3) is 0.429. The summed E-state index contributed by atoms with van der Waals surface area (Å²) in [4.78, 5) is 0. The Hall–Kier alpha value is -1.67. The number of hydrogen-bond donors (Lipinski definition) is 4. The molecule has 0 saturated carbocycles. The van der Waals surface area contributed by atoms with E-state index >= 15 is 0 Å². The molecular weight excluding hydrogens is 382 g/mol. The van der Waals surface area contributed by atoms with Crippen LogP contribution in [0.4, 0.5) is 0 Å². The van der Waals surface area contributed by atoms with E-state index in [-0.39, 0.29) is 6.54 Å². The fourth-order valence-electron chi connectivity index (χ4n) is 3.42. The highest BCUT2D eigenvalue weighted by atomic mass is 35.5. The van der Waals surface area contributed by atoms with Gasteiger partial charge < -0.3 is 30.5 Å². The van der Waals surface area contributed by atoms with E-state index in [1.165, 1.54) is 0 Å². The molecule has 0 spiro atoms. The van der Waals surface area contributed by atoms with Crippen molar-refractivity contribution >= 4 is 11.6 Å². The molecule has 1 heterocycles. The maximum Gasteiger partial charge on any atom is 0.119 e. The van der Waals surface area contributed by atoms with E-state index in [0.29, 0.717) is 23.6 Å². The van der Waals surface area contributed by atoms with Crippen LogP contribution in [0.5, 0.6) is 5.75 Å². The summed E-state index contributed by atoms with van der Waals surface area (Å²) in [6.45, 7) is 2.58. The topological polar surface area (TPSA) is 105 Å². The highest BCUT2D eigenvalue weighted by Gasteiger charge is 2.43. The molecule has 0 aromatic heterocycles. The van der Waals surface area contributed by atoms with Crippen molar-refractivity contribution in [2.24, 2.45) is 5.73 Å². The molecular formula is C21H26ClNO5. The molecule has 2 aromatic rings. The first-order valence-electron chi connectivity index (χ1n) is 9.34. The standard InChI is InChI=1S/C21H26ClNO5/c1-2-27-15-6-3-12(4-7-15)9-14-10-13(5-8-16(14)22)21-20(26)19(25)18(24)17(11-23)28-21/h3-8,10,17-21,24-26H,2,9,11,23H2,1H3/t17-,18-,19+,20-,21+/m1/s1. The van der Waals surface area contributed by atoms with Crippen LogP contribution in [0.25, 0.3) is 0 Å². The molecule has 0 bridgehead atoms. The third kappa shape index (κ3) is 4.49. The SMILES string of the molecule is CCOc1ccc(Cc2cc([C@@H]3O[C@H](CN)[C@@H](O)[C@H](O)[C@H]3O)ccc2Cl)cc1. The number of benzene rings is 2. The van der Waals surface area contributed by atoms with Gasteiger partial charge in [0.2, 0.25) is 0 Å². The van der Waals surface area contributed by atoms with Crippen molar-refractivity contribution in [3.8, 4) is 5.75 Å². The Bertz CT molecular complexity index is 783. The lowest BCUT2D eigenvalue weighted by Crippen LogP contribution is -2.56. The Kier molecular flexibility index (Phi) is 6.93. The molecule has 1 aliphatic heterocycles. The van der Waals surface area contributed by atoms with E-state index < -0.39 is 30.5 Å². The molecule has 0 aliphatic carbocycles. The number of nitrogens with two attached hydrogens (primary N) is 1. The van der Waals surface area contributed by atoms with Gasteiger partial charge >= 0.3 is 0 Å². The number of halogens is 1. The zero-order valence-corrected chi connectivity index (χ0v) is 16.4. The zero-order chi connectivity index (χ0) is 20.3. The van der Waals surface area contributed by atoms with E-state index in [2.05, 4.69) is 0 Å². The van der Waals surface area contributed by atoms with E-state index in [4.69, 9.17) is 26.8 Å². The molecule has 152 valence electrons. The van der Waals surface area contributed by atoms with Crippen molar-refractivity contribution in [2.75, 3.05) is 13.2 Å². The molecule has 5 N–H and O–H groups in total. The second kappa shape index (κ2) is 9.22. The van der Waals surface area contributed by atoms with Crippen LogP contribution in [0.1, 0.15) is 29.7 Å². The molecule has 28 heavy (non-hydrogen) atoms. The Morgan fingerprint density at radius 3 is 2.39 bits per heavy atom. The van der Waals surface area contributed by atoms with E-state index in [1.807, 2.05) is 37.3 Å². The van der Waals surface area contributed by atoms with Crippen LogP contribution in [0.3, 0.4) is 0 Å². The molecule has 3 rings (SSSR count). The minimum absolute atomic E-state index is 0.0358. The summed E-state index contributed by atoms with van der Waals surface area (Å²) in [6, 6.07) is 13.1. The van der Waals surface area contributed by atoms with Gasteiger partial charge in [-0.05, 0) is 48.2 Å². The molecule has 6 nitrogen and oxygen atoms in total. The predicted molar refractivity (Wildman–Crippen MR) is 107 cm³/mol. The summed E-state index contributed by atoms with van der Waals surface area (Å²) >= 11 is 6.37. The van der Waals surface area contributed by atoms with Gasteiger partial charge in [0.15, 0.2) is 0 Å². The van der Waals surface area contributed by atoms with Crippen molar-refractivity contribution in [3.05, 3.63) is 64.2 Å². The average Bonchev–Trinajstić information content (AvgIpc) is 2.70. The molecule has 5 atom stereocenters. The van der Waals surface area contributed by atoms with Crippen LogP contribution < -0.4 is 10.5 Å². The second-order valence-corrected chi connectivity index (χ2v) is 7.31. The van der Waals surface area contributed by atoms with E-state index in [9.17, 15) is 15.3 Å². The summed E-state index contributed by atoms with van der Waals surface area (Å²) in [5.41, 5.74) is 8.21. The Morgan fingerprint density at radius 2 is 1.75 bits per heavy atom. The molecule has 0 unspecified atom stereocenters. The number of ether oxygens (including phenoxy) is 2. The van der Waals surface area contributed by atoms with Crippen molar-refractivity contribution < 1.29 is 24.8 Å². The van der Waals surface area contributed by atoms with Gasteiger partial charge in [0.05, 0.1) is 12.7 Å². The summed E-state index contributed by atoms with van der Waals surface area (Å²) in [5.74, 6) is 0.810. The van der Waals surface area contributed by atoms with Crippen molar-refractivity contribution in [2.45, 2.75) is 43.9 Å². The lowest BCUT2D eigenvalue weighted by molar-refractivity contribution is -0.221. The maximum atomic E-state index is 10.4. The van der Waals surface area contributed by atoms with Gasteiger partial charge in [0.1, 0.15) is 30.2 Å². The van der Waals surface area contributed by atoms with Gasteiger partial charge in [-0.25, -0.2) is 0 Å². The summed E-state index contributed by atoms with van der Waals surface area (Å²) in [6.07, 6.45) is -4.80. The average molecular weight is 408 g/mol. The molecule has 1 aliphatic rings. The number of rotatable bonds is 6. The molecule has 1 saturated heterocycles. The molecule has 0 radical (unpaired) electrons. The van der Waals surface area contributed by atoms with Crippen LogP contribution in [0.2, 0.25) is 5.02 Å². The smallest absolute Gasteiger partial charge is 0.119 e. The first-order chi connectivity index (χ1) is 13.4. The molecule has 7 heteroatoms.